The minimum atomic E-state index is -0.502. The molecule has 0 aliphatic heterocycles. The Balaban J connectivity index is 1.82. The molecule has 0 unspecified atom stereocenters. The van der Waals surface area contributed by atoms with Crippen LogP contribution in [-0.2, 0) is 5.75 Å². The molecule has 0 fully saturated rings. The normalized spacial score (nSPS) is 10.2. The van der Waals surface area contributed by atoms with Crippen molar-refractivity contribution in [2.75, 3.05) is 24.7 Å². The van der Waals surface area contributed by atoms with Crippen LogP contribution in [0.3, 0.4) is 0 Å². The molecule has 0 saturated carbocycles. The third-order valence-electron chi connectivity index (χ3n) is 3.37. The van der Waals surface area contributed by atoms with Crippen LogP contribution in [0.25, 0.3) is 0 Å². The van der Waals surface area contributed by atoms with E-state index in [-0.39, 0.29) is 17.2 Å². The number of carbonyl (C=O) groups is 1. The van der Waals surface area contributed by atoms with Gasteiger partial charge in [-0.05, 0) is 17.7 Å². The first-order valence-corrected chi connectivity index (χ1v) is 8.63. The van der Waals surface area contributed by atoms with Crippen LogP contribution in [0, 0.1) is 10.1 Å². The van der Waals surface area contributed by atoms with E-state index in [0.29, 0.717) is 12.2 Å². The van der Waals surface area contributed by atoms with E-state index in [1.54, 1.807) is 24.9 Å². The summed E-state index contributed by atoms with van der Waals surface area (Å²) in [7, 11) is 1.60. The quantitative estimate of drug-likeness (QED) is 0.436. The Morgan fingerprint density at radius 1 is 1.21 bits per heavy atom. The van der Waals surface area contributed by atoms with Gasteiger partial charge in [0.1, 0.15) is 5.69 Å². The second-order valence-electron chi connectivity index (χ2n) is 5.03. The fourth-order valence-electron chi connectivity index (χ4n) is 2.14. The molecule has 2 aromatic rings. The number of benzene rings is 2. The van der Waals surface area contributed by atoms with Crippen LogP contribution >= 0.6 is 11.8 Å². The zero-order valence-electron chi connectivity index (χ0n) is 13.3. The minimum absolute atomic E-state index is 0.108. The lowest BCUT2D eigenvalue weighted by Gasteiger charge is -2.07. The number of carbonyl (C=O) groups excluding carboxylic acids is 1. The molecule has 24 heavy (non-hydrogen) atoms. The predicted molar refractivity (Wildman–Crippen MR) is 97.6 cm³/mol. The predicted octanol–water partition coefficient (Wildman–Crippen LogP) is 3.30. The highest BCUT2D eigenvalue weighted by atomic mass is 32.2. The van der Waals surface area contributed by atoms with Crippen molar-refractivity contribution in [2.24, 2.45) is 0 Å². The van der Waals surface area contributed by atoms with E-state index >= 15 is 0 Å². The van der Waals surface area contributed by atoms with Crippen molar-refractivity contribution in [3.63, 3.8) is 0 Å². The number of amides is 1. The zero-order valence-corrected chi connectivity index (χ0v) is 14.1. The number of nitrogens with zero attached hydrogens (tertiary/aromatic N) is 1. The molecule has 0 heterocycles. The van der Waals surface area contributed by atoms with Crippen molar-refractivity contribution in [2.45, 2.75) is 5.75 Å². The van der Waals surface area contributed by atoms with Gasteiger partial charge in [0.2, 0.25) is 0 Å². The van der Waals surface area contributed by atoms with Crippen molar-refractivity contribution in [1.82, 2.24) is 5.32 Å². The van der Waals surface area contributed by atoms with Crippen LogP contribution in [0.1, 0.15) is 15.9 Å². The van der Waals surface area contributed by atoms with Gasteiger partial charge in [-0.2, -0.15) is 11.8 Å². The lowest BCUT2D eigenvalue weighted by Crippen LogP contribution is -2.25. The number of nitrogens with one attached hydrogen (secondary N) is 2. The van der Waals surface area contributed by atoms with Crippen molar-refractivity contribution >= 4 is 29.0 Å². The maximum atomic E-state index is 12.1. The molecule has 0 atom stereocenters. The molecule has 0 saturated heterocycles. The average Bonchev–Trinajstić information content (AvgIpc) is 2.61. The molecule has 2 aromatic carbocycles. The molecule has 0 radical (unpaired) electrons. The Morgan fingerprint density at radius 2 is 1.96 bits per heavy atom. The van der Waals surface area contributed by atoms with Gasteiger partial charge in [-0.1, -0.05) is 30.3 Å². The maximum absolute atomic E-state index is 12.1. The SMILES string of the molecule is CNc1ccc(C(=O)NCCSCc2ccccc2)cc1[N+](=O)[O-]. The van der Waals surface area contributed by atoms with Gasteiger partial charge in [-0.3, -0.25) is 14.9 Å². The van der Waals surface area contributed by atoms with Gasteiger partial charge in [0.05, 0.1) is 4.92 Å². The largest absolute Gasteiger partial charge is 0.383 e. The fourth-order valence-corrected chi connectivity index (χ4v) is 2.96. The second kappa shape index (κ2) is 8.93. The van der Waals surface area contributed by atoms with Crippen LogP contribution in [0.15, 0.2) is 48.5 Å². The minimum Gasteiger partial charge on any atom is -0.383 e. The number of rotatable bonds is 8. The first-order valence-electron chi connectivity index (χ1n) is 7.48. The highest BCUT2D eigenvalue weighted by molar-refractivity contribution is 7.98. The van der Waals surface area contributed by atoms with E-state index < -0.39 is 4.92 Å². The fraction of sp³-hybridized carbons (Fsp3) is 0.235. The lowest BCUT2D eigenvalue weighted by molar-refractivity contribution is -0.384. The molecule has 0 aliphatic carbocycles. The molecule has 0 aliphatic rings. The van der Waals surface area contributed by atoms with Crippen LogP contribution in [0.2, 0.25) is 0 Å². The molecule has 6 nitrogen and oxygen atoms in total. The molecular formula is C17H19N3O3S. The van der Waals surface area contributed by atoms with Crippen LogP contribution < -0.4 is 10.6 Å². The van der Waals surface area contributed by atoms with Gasteiger partial charge in [0, 0.05) is 36.7 Å². The monoisotopic (exact) mass is 345 g/mol. The van der Waals surface area contributed by atoms with E-state index in [4.69, 9.17) is 0 Å². The Hall–Kier alpha value is -2.54. The van der Waals surface area contributed by atoms with Crippen molar-refractivity contribution < 1.29 is 9.72 Å². The summed E-state index contributed by atoms with van der Waals surface area (Å²) in [5, 5.41) is 16.5. The Bertz CT molecular complexity index is 707. The Kier molecular flexibility index (Phi) is 6.62. The van der Waals surface area contributed by atoms with E-state index in [1.807, 2.05) is 18.2 Å². The molecule has 0 aromatic heterocycles. The Labute approximate surface area is 144 Å². The summed E-state index contributed by atoms with van der Waals surface area (Å²) in [5.74, 6) is 1.36. The summed E-state index contributed by atoms with van der Waals surface area (Å²) in [6.07, 6.45) is 0. The molecule has 7 heteroatoms. The number of anilines is 1. The summed E-state index contributed by atoms with van der Waals surface area (Å²) in [5.41, 5.74) is 1.81. The molecule has 0 spiro atoms. The first kappa shape index (κ1) is 17.8. The highest BCUT2D eigenvalue weighted by Crippen LogP contribution is 2.24. The Morgan fingerprint density at radius 3 is 2.62 bits per heavy atom. The number of thioether (sulfide) groups is 1. The zero-order chi connectivity index (χ0) is 17.4. The first-order chi connectivity index (χ1) is 11.6. The topological polar surface area (TPSA) is 84.3 Å². The summed E-state index contributed by atoms with van der Waals surface area (Å²) in [6, 6.07) is 14.5. The summed E-state index contributed by atoms with van der Waals surface area (Å²) < 4.78 is 0. The van der Waals surface area contributed by atoms with E-state index in [9.17, 15) is 14.9 Å². The molecule has 126 valence electrons. The van der Waals surface area contributed by atoms with Crippen LogP contribution in [0.5, 0.6) is 0 Å². The molecule has 2 rings (SSSR count). The van der Waals surface area contributed by atoms with Gasteiger partial charge in [0.15, 0.2) is 0 Å². The van der Waals surface area contributed by atoms with Gasteiger partial charge in [0.25, 0.3) is 11.6 Å². The third-order valence-corrected chi connectivity index (χ3v) is 4.40. The molecule has 0 bridgehead atoms. The average molecular weight is 345 g/mol. The van der Waals surface area contributed by atoms with Gasteiger partial charge >= 0.3 is 0 Å². The van der Waals surface area contributed by atoms with Crippen LogP contribution in [0.4, 0.5) is 11.4 Å². The third kappa shape index (κ3) is 4.99. The lowest BCUT2D eigenvalue weighted by atomic mass is 10.1. The number of hydrogen-bond donors (Lipinski definition) is 2. The van der Waals surface area contributed by atoms with E-state index in [0.717, 1.165) is 11.5 Å². The van der Waals surface area contributed by atoms with Gasteiger partial charge in [-0.25, -0.2) is 0 Å². The number of nitro groups is 1. The van der Waals surface area contributed by atoms with Gasteiger partial charge < -0.3 is 10.6 Å². The summed E-state index contributed by atoms with van der Waals surface area (Å²) in [4.78, 5) is 22.6. The van der Waals surface area contributed by atoms with E-state index in [1.165, 1.54) is 17.7 Å². The van der Waals surface area contributed by atoms with Gasteiger partial charge in [-0.15, -0.1) is 0 Å². The number of hydrogen-bond acceptors (Lipinski definition) is 5. The smallest absolute Gasteiger partial charge is 0.293 e. The summed E-state index contributed by atoms with van der Waals surface area (Å²) >= 11 is 1.72. The standard InChI is InChI=1S/C17H19N3O3S/c1-18-15-8-7-14(11-16(15)20(22)23)17(21)19-9-10-24-12-13-5-3-2-4-6-13/h2-8,11,18H,9-10,12H2,1H3,(H,19,21). The molecule has 1 amide bonds. The highest BCUT2D eigenvalue weighted by Gasteiger charge is 2.16. The number of nitro benzene ring substituents is 1. The molecular weight excluding hydrogens is 326 g/mol. The van der Waals surface area contributed by atoms with E-state index in [2.05, 4.69) is 22.8 Å². The molecule has 2 N–H and O–H groups in total. The maximum Gasteiger partial charge on any atom is 0.293 e. The van der Waals surface area contributed by atoms with Crippen molar-refractivity contribution in [1.29, 1.82) is 0 Å². The van der Waals surface area contributed by atoms with Crippen molar-refractivity contribution in [3.8, 4) is 0 Å². The second-order valence-corrected chi connectivity index (χ2v) is 6.14. The van der Waals surface area contributed by atoms with Crippen molar-refractivity contribution in [3.05, 3.63) is 69.8 Å². The van der Waals surface area contributed by atoms with Crippen LogP contribution in [-0.4, -0.2) is 30.2 Å². The summed E-state index contributed by atoms with van der Waals surface area (Å²) in [6.45, 7) is 0.512.